The minimum atomic E-state index is -3.60. The summed E-state index contributed by atoms with van der Waals surface area (Å²) in [6.07, 6.45) is 4.21. The van der Waals surface area contributed by atoms with Gasteiger partial charge in [0.05, 0.1) is 0 Å². The van der Waals surface area contributed by atoms with Crippen molar-refractivity contribution in [3.8, 4) is 0 Å². The maximum Gasteiger partial charge on any atom is 0.303 e. The molecular formula is C18H28N4O4S. The molecule has 9 heteroatoms. The number of nitrogens with zero attached hydrogens (tertiary/aromatic N) is 4. The molecule has 2 atom stereocenters. The highest BCUT2D eigenvalue weighted by molar-refractivity contribution is 7.89. The number of pyridine rings is 1. The Labute approximate surface area is 160 Å². The molecule has 2 aliphatic rings. The summed E-state index contributed by atoms with van der Waals surface area (Å²) in [6.45, 7) is 4.68. The molecule has 150 valence electrons. The van der Waals surface area contributed by atoms with Crippen LogP contribution in [0.5, 0.6) is 0 Å². The van der Waals surface area contributed by atoms with Crippen LogP contribution in [0.15, 0.2) is 29.4 Å². The van der Waals surface area contributed by atoms with Gasteiger partial charge in [-0.05, 0) is 37.9 Å². The van der Waals surface area contributed by atoms with E-state index >= 15 is 0 Å². The van der Waals surface area contributed by atoms with E-state index in [0.29, 0.717) is 19.5 Å². The lowest BCUT2D eigenvalue weighted by molar-refractivity contribution is -0.137. The Morgan fingerprint density at radius 3 is 2.63 bits per heavy atom. The molecule has 3 rings (SSSR count). The highest BCUT2D eigenvalue weighted by Crippen LogP contribution is 2.30. The number of carboxylic acids is 1. The van der Waals surface area contributed by atoms with E-state index in [-0.39, 0.29) is 23.3 Å². The highest BCUT2D eigenvalue weighted by atomic mass is 32.2. The third-order valence-electron chi connectivity index (χ3n) is 5.66. The van der Waals surface area contributed by atoms with E-state index in [2.05, 4.69) is 21.8 Å². The fourth-order valence-corrected chi connectivity index (χ4v) is 5.56. The predicted molar refractivity (Wildman–Crippen MR) is 101 cm³/mol. The monoisotopic (exact) mass is 396 g/mol. The Bertz CT molecular complexity index is 735. The van der Waals surface area contributed by atoms with E-state index in [1.807, 2.05) is 0 Å². The van der Waals surface area contributed by atoms with Crippen LogP contribution >= 0.6 is 0 Å². The van der Waals surface area contributed by atoms with Gasteiger partial charge in [0.25, 0.3) is 0 Å². The molecule has 3 heterocycles. The second-order valence-corrected chi connectivity index (χ2v) is 9.38. The first kappa shape index (κ1) is 20.2. The summed E-state index contributed by atoms with van der Waals surface area (Å²) in [5.74, 6) is -0.816. The molecule has 27 heavy (non-hydrogen) atoms. The number of sulfonamides is 1. The summed E-state index contributed by atoms with van der Waals surface area (Å²) in [6, 6.07) is 3.41. The highest BCUT2D eigenvalue weighted by Gasteiger charge is 2.38. The van der Waals surface area contributed by atoms with E-state index in [1.54, 1.807) is 18.3 Å². The number of likely N-dealkylation sites (N-methyl/N-ethyl adjacent to an activating group) is 1. The van der Waals surface area contributed by atoms with Crippen molar-refractivity contribution >= 4 is 16.0 Å². The van der Waals surface area contributed by atoms with Gasteiger partial charge in [-0.15, -0.1) is 0 Å². The molecule has 1 N–H and O–H groups in total. The second-order valence-electron chi connectivity index (χ2n) is 7.44. The topological polar surface area (TPSA) is 94.0 Å². The number of rotatable bonds is 6. The number of aromatic nitrogens is 1. The Morgan fingerprint density at radius 2 is 2.00 bits per heavy atom. The van der Waals surface area contributed by atoms with Crippen LogP contribution in [0.1, 0.15) is 19.3 Å². The van der Waals surface area contributed by atoms with Crippen LogP contribution < -0.4 is 0 Å². The van der Waals surface area contributed by atoms with E-state index < -0.39 is 16.0 Å². The molecule has 2 aliphatic heterocycles. The van der Waals surface area contributed by atoms with E-state index in [0.717, 1.165) is 32.6 Å². The summed E-state index contributed by atoms with van der Waals surface area (Å²) in [5.41, 5.74) is 0. The minimum absolute atomic E-state index is 0.0182. The number of piperidine rings is 1. The van der Waals surface area contributed by atoms with E-state index in [9.17, 15) is 13.2 Å². The lowest BCUT2D eigenvalue weighted by Crippen LogP contribution is -2.56. The van der Waals surface area contributed by atoms with Crippen LogP contribution in [0.4, 0.5) is 0 Å². The molecule has 0 aliphatic carbocycles. The Kier molecular flexibility index (Phi) is 6.46. The largest absolute Gasteiger partial charge is 0.481 e. The molecule has 2 saturated heterocycles. The van der Waals surface area contributed by atoms with Gasteiger partial charge in [0.2, 0.25) is 10.0 Å². The van der Waals surface area contributed by atoms with Gasteiger partial charge < -0.3 is 10.0 Å². The number of hydrogen-bond donors (Lipinski definition) is 1. The van der Waals surface area contributed by atoms with Gasteiger partial charge in [0.1, 0.15) is 4.90 Å². The van der Waals surface area contributed by atoms with Crippen LogP contribution in [0.3, 0.4) is 0 Å². The van der Waals surface area contributed by atoms with Crippen LogP contribution in [0, 0.1) is 5.92 Å². The zero-order valence-electron chi connectivity index (χ0n) is 15.7. The normalized spacial score (nSPS) is 26.1. The zero-order chi connectivity index (χ0) is 19.4. The number of hydrogen-bond acceptors (Lipinski definition) is 6. The molecule has 0 unspecified atom stereocenters. The maximum absolute atomic E-state index is 12.9. The Morgan fingerprint density at radius 1 is 1.26 bits per heavy atom. The number of piperazine rings is 1. The minimum Gasteiger partial charge on any atom is -0.481 e. The summed E-state index contributed by atoms with van der Waals surface area (Å²) in [5, 5.41) is 9.12. The Hall–Kier alpha value is -1.55. The van der Waals surface area contributed by atoms with Crippen molar-refractivity contribution in [2.75, 3.05) is 46.3 Å². The van der Waals surface area contributed by atoms with Gasteiger partial charge in [-0.2, -0.15) is 4.31 Å². The standard InChI is InChI=1S/C18H28N4O4S/c1-20-9-11-21(12-10-20)17-6-8-22(14-15(17)4-5-18(23)24)27(25,26)16-3-2-7-19-13-16/h2-3,7,13,15,17H,4-6,8-12,14H2,1H3,(H,23,24)/t15-,17+/m1/s1. The first-order chi connectivity index (χ1) is 12.9. The molecule has 0 radical (unpaired) electrons. The summed E-state index contributed by atoms with van der Waals surface area (Å²) < 4.78 is 27.4. The van der Waals surface area contributed by atoms with Crippen LogP contribution in [-0.2, 0) is 14.8 Å². The predicted octanol–water partition coefficient (Wildman–Crippen LogP) is 0.573. The van der Waals surface area contributed by atoms with Gasteiger partial charge in [-0.1, -0.05) is 0 Å². The maximum atomic E-state index is 12.9. The van der Waals surface area contributed by atoms with Crippen molar-refractivity contribution in [1.82, 2.24) is 19.1 Å². The fourth-order valence-electron chi connectivity index (χ4n) is 4.08. The van der Waals surface area contributed by atoms with Gasteiger partial charge in [0, 0.05) is 64.1 Å². The van der Waals surface area contributed by atoms with Crippen molar-refractivity contribution in [1.29, 1.82) is 0 Å². The van der Waals surface area contributed by atoms with Crippen molar-refractivity contribution in [3.63, 3.8) is 0 Å². The first-order valence-electron chi connectivity index (χ1n) is 9.42. The van der Waals surface area contributed by atoms with Crippen LogP contribution in [0.25, 0.3) is 0 Å². The van der Waals surface area contributed by atoms with Gasteiger partial charge in [-0.3, -0.25) is 14.7 Å². The first-order valence-corrected chi connectivity index (χ1v) is 10.9. The van der Waals surface area contributed by atoms with Gasteiger partial charge in [0.15, 0.2) is 0 Å². The van der Waals surface area contributed by atoms with Crippen molar-refractivity contribution in [2.24, 2.45) is 5.92 Å². The van der Waals surface area contributed by atoms with Crippen molar-refractivity contribution in [3.05, 3.63) is 24.5 Å². The van der Waals surface area contributed by atoms with E-state index in [4.69, 9.17) is 5.11 Å². The van der Waals surface area contributed by atoms with Gasteiger partial charge in [-0.25, -0.2) is 8.42 Å². The number of carbonyl (C=O) groups is 1. The van der Waals surface area contributed by atoms with Crippen LogP contribution in [0.2, 0.25) is 0 Å². The average molecular weight is 397 g/mol. The molecule has 1 aromatic heterocycles. The van der Waals surface area contributed by atoms with Crippen molar-refractivity contribution in [2.45, 2.75) is 30.2 Å². The lowest BCUT2D eigenvalue weighted by Gasteiger charge is -2.46. The Balaban J connectivity index is 1.75. The molecular weight excluding hydrogens is 368 g/mol. The molecule has 0 spiro atoms. The molecule has 0 amide bonds. The van der Waals surface area contributed by atoms with Gasteiger partial charge >= 0.3 is 5.97 Å². The molecule has 0 aromatic carbocycles. The second kappa shape index (κ2) is 8.64. The fraction of sp³-hybridized carbons (Fsp3) is 0.667. The molecule has 1 aromatic rings. The lowest BCUT2D eigenvalue weighted by atomic mass is 9.87. The summed E-state index contributed by atoms with van der Waals surface area (Å²) >= 11 is 0. The average Bonchev–Trinajstić information content (AvgIpc) is 2.67. The number of aliphatic carboxylic acids is 1. The number of carboxylic acid groups (broad SMARTS) is 1. The summed E-state index contributed by atoms with van der Waals surface area (Å²) in [4.78, 5) is 19.9. The third kappa shape index (κ3) is 4.84. The molecule has 8 nitrogen and oxygen atoms in total. The zero-order valence-corrected chi connectivity index (χ0v) is 16.5. The van der Waals surface area contributed by atoms with E-state index in [1.165, 1.54) is 10.5 Å². The quantitative estimate of drug-likeness (QED) is 0.751. The smallest absolute Gasteiger partial charge is 0.303 e. The molecule has 2 fully saturated rings. The molecule has 0 saturated carbocycles. The third-order valence-corrected chi connectivity index (χ3v) is 7.51. The molecule has 0 bridgehead atoms. The van der Waals surface area contributed by atoms with Crippen molar-refractivity contribution < 1.29 is 18.3 Å². The van der Waals surface area contributed by atoms with Crippen LogP contribution in [-0.4, -0.2) is 90.9 Å². The summed E-state index contributed by atoms with van der Waals surface area (Å²) in [7, 11) is -1.50. The SMILES string of the molecule is CN1CCN([C@H]2CCN(S(=O)(=O)c3cccnc3)C[C@H]2CCC(=O)O)CC1.